The van der Waals surface area contributed by atoms with Crippen LogP contribution in [0.15, 0.2) is 51.9 Å². The van der Waals surface area contributed by atoms with Crippen LogP contribution in [0.25, 0.3) is 11.1 Å². The molecular weight excluding hydrogens is 520 g/mol. The fourth-order valence-corrected chi connectivity index (χ4v) is 4.98. The predicted octanol–water partition coefficient (Wildman–Crippen LogP) is 5.42. The monoisotopic (exact) mass is 556 g/mol. The van der Waals surface area contributed by atoms with Crippen LogP contribution in [0.2, 0.25) is 0 Å². The van der Waals surface area contributed by atoms with E-state index in [4.69, 9.17) is 9.26 Å². The number of carbonyl (C=O) groups excluding carboxylic acids is 2. The first-order valence-corrected chi connectivity index (χ1v) is 14.1. The van der Waals surface area contributed by atoms with Gasteiger partial charge in [-0.15, -0.1) is 0 Å². The highest BCUT2D eigenvalue weighted by atomic mass is 32.2. The number of rotatable bonds is 9. The highest BCUT2D eigenvalue weighted by molar-refractivity contribution is 7.92. The number of aryl methyl sites for hydroxylation is 1. The third-order valence-corrected chi connectivity index (χ3v) is 7.03. The maximum absolute atomic E-state index is 13.4. The van der Waals surface area contributed by atoms with Crippen LogP contribution in [0.5, 0.6) is 0 Å². The zero-order valence-corrected chi connectivity index (χ0v) is 24.2. The van der Waals surface area contributed by atoms with Crippen LogP contribution in [0.4, 0.5) is 16.4 Å². The molecule has 3 rings (SSSR count). The second-order valence-corrected chi connectivity index (χ2v) is 12.4. The molecule has 0 saturated carbocycles. The summed E-state index contributed by atoms with van der Waals surface area (Å²) in [7, 11) is -4.08. The highest BCUT2D eigenvalue weighted by Crippen LogP contribution is 2.33. The van der Waals surface area contributed by atoms with E-state index < -0.39 is 27.6 Å². The van der Waals surface area contributed by atoms with Gasteiger partial charge in [-0.25, -0.2) is 17.9 Å². The number of hydrogen-bond donors (Lipinski definition) is 3. The van der Waals surface area contributed by atoms with Gasteiger partial charge < -0.3 is 19.9 Å². The number of nitrogens with one attached hydrogen (secondary N) is 3. The van der Waals surface area contributed by atoms with Gasteiger partial charge in [-0.1, -0.05) is 43.3 Å². The van der Waals surface area contributed by atoms with Gasteiger partial charge in [0.15, 0.2) is 0 Å². The Balaban J connectivity index is 1.91. The van der Waals surface area contributed by atoms with Crippen molar-refractivity contribution in [1.82, 2.24) is 10.5 Å². The van der Waals surface area contributed by atoms with Gasteiger partial charge in [0.05, 0.1) is 10.6 Å². The number of aromatic nitrogens is 1. The molecular formula is C28H36N4O6S. The second-order valence-electron chi connectivity index (χ2n) is 10.7. The van der Waals surface area contributed by atoms with Gasteiger partial charge in [-0.2, -0.15) is 0 Å². The molecule has 0 saturated heterocycles. The summed E-state index contributed by atoms with van der Waals surface area (Å²) in [5, 5.41) is 8.91. The van der Waals surface area contributed by atoms with Crippen molar-refractivity contribution in [3.05, 3.63) is 59.3 Å². The summed E-state index contributed by atoms with van der Waals surface area (Å²) < 4.78 is 39.7. The van der Waals surface area contributed by atoms with Crippen molar-refractivity contribution in [3.63, 3.8) is 0 Å². The van der Waals surface area contributed by atoms with Crippen LogP contribution in [-0.2, 0) is 26.0 Å². The number of carbonyl (C=O) groups is 2. The molecule has 3 aromatic rings. The molecule has 0 radical (unpaired) electrons. The van der Waals surface area contributed by atoms with E-state index in [0.717, 1.165) is 12.0 Å². The summed E-state index contributed by atoms with van der Waals surface area (Å²) in [5.41, 5.74) is 2.98. The van der Waals surface area contributed by atoms with E-state index in [1.807, 2.05) is 24.3 Å². The largest absolute Gasteiger partial charge is 0.444 e. The minimum absolute atomic E-state index is 0.00237. The van der Waals surface area contributed by atoms with E-state index in [1.54, 1.807) is 40.7 Å². The van der Waals surface area contributed by atoms with E-state index in [0.29, 0.717) is 34.0 Å². The van der Waals surface area contributed by atoms with Gasteiger partial charge in [0.1, 0.15) is 12.1 Å². The van der Waals surface area contributed by atoms with Gasteiger partial charge in [-0.05, 0) is 76.3 Å². The lowest BCUT2D eigenvalue weighted by atomic mass is 9.99. The molecule has 0 atom stereocenters. The third-order valence-electron chi connectivity index (χ3n) is 5.64. The number of anilines is 2. The number of ether oxygens (including phenoxy) is 1. The molecule has 0 fully saturated rings. The van der Waals surface area contributed by atoms with Crippen LogP contribution in [0.1, 0.15) is 51.4 Å². The van der Waals surface area contributed by atoms with E-state index >= 15 is 0 Å². The lowest BCUT2D eigenvalue weighted by molar-refractivity contribution is -0.115. The molecule has 2 amide bonds. The zero-order chi connectivity index (χ0) is 29.0. The van der Waals surface area contributed by atoms with Crippen molar-refractivity contribution in [2.75, 3.05) is 16.6 Å². The summed E-state index contributed by atoms with van der Waals surface area (Å²) in [5.74, 6) is 0.00864. The number of alkyl carbamates (subject to hydrolysis) is 1. The minimum atomic E-state index is -4.08. The summed E-state index contributed by atoms with van der Waals surface area (Å²) in [4.78, 5) is 24.4. The molecule has 0 aliphatic rings. The predicted molar refractivity (Wildman–Crippen MR) is 150 cm³/mol. The highest BCUT2D eigenvalue weighted by Gasteiger charge is 2.24. The first kappa shape index (κ1) is 29.7. The van der Waals surface area contributed by atoms with Gasteiger partial charge in [0.2, 0.25) is 11.8 Å². The Hall–Kier alpha value is -3.86. The Bertz CT molecular complexity index is 1440. The second kappa shape index (κ2) is 11.9. The number of amides is 2. The molecule has 0 aliphatic carbocycles. The number of benzene rings is 2. The Labute approximate surface area is 229 Å². The maximum Gasteiger partial charge on any atom is 0.408 e. The van der Waals surface area contributed by atoms with Gasteiger partial charge >= 0.3 is 6.09 Å². The van der Waals surface area contributed by atoms with Crippen LogP contribution < -0.4 is 15.4 Å². The topological polar surface area (TPSA) is 140 Å². The summed E-state index contributed by atoms with van der Waals surface area (Å²) in [6.45, 7) is 12.5. The molecule has 0 bridgehead atoms. The van der Waals surface area contributed by atoms with Crippen molar-refractivity contribution < 1.29 is 27.3 Å². The Morgan fingerprint density at radius 3 is 2.28 bits per heavy atom. The SMILES string of the molecule is Cc1noc(NS(=O)(=O)c2ccc(NC(=O)CNC(=O)OC(C)(C)C)cc2-c2ccc(CC(C)C)cc2)c1C. The van der Waals surface area contributed by atoms with E-state index in [9.17, 15) is 18.0 Å². The van der Waals surface area contributed by atoms with Crippen molar-refractivity contribution in [3.8, 4) is 11.1 Å². The van der Waals surface area contributed by atoms with Crippen LogP contribution in [0, 0.1) is 19.8 Å². The molecule has 0 unspecified atom stereocenters. The molecule has 39 heavy (non-hydrogen) atoms. The smallest absolute Gasteiger partial charge is 0.408 e. The molecule has 1 aromatic heterocycles. The number of nitrogens with zero attached hydrogens (tertiary/aromatic N) is 1. The first-order chi connectivity index (χ1) is 18.1. The van der Waals surface area contributed by atoms with Crippen molar-refractivity contribution >= 4 is 33.6 Å². The normalized spacial score (nSPS) is 11.8. The molecule has 0 aliphatic heterocycles. The van der Waals surface area contributed by atoms with Crippen molar-refractivity contribution in [2.24, 2.45) is 5.92 Å². The third kappa shape index (κ3) is 8.31. The Morgan fingerprint density at radius 1 is 1.05 bits per heavy atom. The van der Waals surface area contributed by atoms with Gasteiger partial charge in [0, 0.05) is 16.8 Å². The van der Waals surface area contributed by atoms with Crippen LogP contribution in [0.3, 0.4) is 0 Å². The molecule has 1 heterocycles. The quantitative estimate of drug-likeness (QED) is 0.320. The Kier molecular flexibility index (Phi) is 9.06. The molecule has 0 spiro atoms. The molecule has 2 aromatic carbocycles. The fraction of sp³-hybridized carbons (Fsp3) is 0.393. The standard InChI is InChI=1S/C28H36N4O6S/c1-17(2)14-20-8-10-21(11-9-20)23-15-22(30-25(33)16-29-27(34)37-28(5,6)7)12-13-24(23)39(35,36)32-26-18(3)19(4)31-38-26/h8-13,15,17,32H,14,16H2,1-7H3,(H,29,34)(H,30,33). The fourth-order valence-electron chi connectivity index (χ4n) is 3.72. The lowest BCUT2D eigenvalue weighted by Gasteiger charge is -2.19. The van der Waals surface area contributed by atoms with E-state index in [-0.39, 0.29) is 17.3 Å². The molecule has 3 N–H and O–H groups in total. The van der Waals surface area contributed by atoms with E-state index in [2.05, 4.69) is 34.4 Å². The first-order valence-electron chi connectivity index (χ1n) is 12.6. The Morgan fingerprint density at radius 2 is 1.72 bits per heavy atom. The average molecular weight is 557 g/mol. The minimum Gasteiger partial charge on any atom is -0.444 e. The summed E-state index contributed by atoms with van der Waals surface area (Å²) in [6, 6.07) is 12.1. The molecule has 10 nitrogen and oxygen atoms in total. The van der Waals surface area contributed by atoms with Crippen LogP contribution >= 0.6 is 0 Å². The number of sulfonamides is 1. The van der Waals surface area contributed by atoms with Gasteiger partial charge in [-0.3, -0.25) is 4.79 Å². The van der Waals surface area contributed by atoms with Crippen molar-refractivity contribution in [1.29, 1.82) is 0 Å². The zero-order valence-electron chi connectivity index (χ0n) is 23.3. The summed E-state index contributed by atoms with van der Waals surface area (Å²) in [6.07, 6.45) is 0.169. The van der Waals surface area contributed by atoms with Gasteiger partial charge in [0.25, 0.3) is 10.0 Å². The average Bonchev–Trinajstić information content (AvgIpc) is 3.13. The maximum atomic E-state index is 13.4. The number of hydrogen-bond acceptors (Lipinski definition) is 7. The van der Waals surface area contributed by atoms with Crippen LogP contribution in [-0.4, -0.2) is 37.7 Å². The molecule has 11 heteroatoms. The lowest BCUT2D eigenvalue weighted by Crippen LogP contribution is -2.37. The van der Waals surface area contributed by atoms with E-state index in [1.165, 1.54) is 12.1 Å². The van der Waals surface area contributed by atoms with Crippen molar-refractivity contribution in [2.45, 2.75) is 65.4 Å². The molecule has 210 valence electrons. The summed E-state index contributed by atoms with van der Waals surface area (Å²) >= 11 is 0.